The standard InChI is InChI=1S/C24H25F2N7S/c1-14(28)17-6-5-16(25)12-19(17)18-4-2-3-15-11-21(34-23(15)18)22-20(26)13-31-24(32-22)30-8-10-33(29)9-7-27/h2-7,9,11-14H,8,10,27-29H2,1H3,(H,30,31,32)/b9-7-. The van der Waals surface area contributed by atoms with E-state index >= 15 is 0 Å². The lowest BCUT2D eigenvalue weighted by atomic mass is 9.95. The molecule has 4 rings (SSSR count). The van der Waals surface area contributed by atoms with Crippen LogP contribution in [0.15, 0.2) is 61.1 Å². The molecule has 4 aromatic rings. The molecule has 34 heavy (non-hydrogen) atoms. The lowest BCUT2D eigenvalue weighted by Crippen LogP contribution is -2.30. The van der Waals surface area contributed by atoms with Crippen molar-refractivity contribution in [1.29, 1.82) is 0 Å². The molecule has 7 nitrogen and oxygen atoms in total. The zero-order valence-corrected chi connectivity index (χ0v) is 19.3. The Balaban J connectivity index is 1.71. The van der Waals surface area contributed by atoms with Gasteiger partial charge in [0.05, 0.1) is 17.6 Å². The molecule has 0 aliphatic carbocycles. The molecular formula is C24H25F2N7S. The van der Waals surface area contributed by atoms with Crippen molar-refractivity contribution in [2.45, 2.75) is 13.0 Å². The van der Waals surface area contributed by atoms with E-state index in [0.717, 1.165) is 33.0 Å². The van der Waals surface area contributed by atoms with Crippen LogP contribution in [-0.4, -0.2) is 28.1 Å². The van der Waals surface area contributed by atoms with Crippen LogP contribution in [0.1, 0.15) is 18.5 Å². The highest BCUT2D eigenvalue weighted by Crippen LogP contribution is 2.41. The zero-order chi connectivity index (χ0) is 24.2. The first kappa shape index (κ1) is 23.6. The topological polar surface area (TPSA) is 119 Å². The average Bonchev–Trinajstić information content (AvgIpc) is 3.24. The van der Waals surface area contributed by atoms with Gasteiger partial charge in [0, 0.05) is 29.7 Å². The largest absolute Gasteiger partial charge is 0.403 e. The van der Waals surface area contributed by atoms with E-state index in [2.05, 4.69) is 15.3 Å². The Kier molecular flexibility index (Phi) is 7.01. The first-order valence-corrected chi connectivity index (χ1v) is 11.4. The van der Waals surface area contributed by atoms with Gasteiger partial charge in [-0.15, -0.1) is 11.3 Å². The second-order valence-corrected chi connectivity index (χ2v) is 8.80. The van der Waals surface area contributed by atoms with Crippen molar-refractivity contribution in [3.8, 4) is 21.7 Å². The van der Waals surface area contributed by atoms with E-state index in [-0.39, 0.29) is 23.5 Å². The zero-order valence-electron chi connectivity index (χ0n) is 18.5. The number of thiophene rings is 1. The minimum Gasteiger partial charge on any atom is -0.403 e. The van der Waals surface area contributed by atoms with Crippen LogP contribution in [0.4, 0.5) is 14.7 Å². The van der Waals surface area contributed by atoms with Gasteiger partial charge in [-0.25, -0.2) is 24.6 Å². The normalized spacial score (nSPS) is 12.4. The smallest absolute Gasteiger partial charge is 0.223 e. The second kappa shape index (κ2) is 10.1. The van der Waals surface area contributed by atoms with Crippen molar-refractivity contribution in [2.24, 2.45) is 17.3 Å². The third-order valence-electron chi connectivity index (χ3n) is 5.25. The first-order valence-electron chi connectivity index (χ1n) is 10.6. The van der Waals surface area contributed by atoms with E-state index in [1.807, 2.05) is 31.2 Å². The Labute approximate surface area is 199 Å². The Morgan fingerprint density at radius 3 is 2.76 bits per heavy atom. The molecule has 2 heterocycles. The van der Waals surface area contributed by atoms with Gasteiger partial charge in [-0.05, 0) is 47.2 Å². The average molecular weight is 482 g/mol. The molecule has 1 atom stereocenters. The van der Waals surface area contributed by atoms with E-state index < -0.39 is 5.82 Å². The quantitative estimate of drug-likeness (QED) is 0.218. The van der Waals surface area contributed by atoms with Crippen LogP contribution in [0, 0.1) is 11.6 Å². The van der Waals surface area contributed by atoms with Crippen LogP contribution in [-0.2, 0) is 0 Å². The number of fused-ring (bicyclic) bond motifs is 1. The number of nitrogens with two attached hydrogens (primary N) is 3. The predicted molar refractivity (Wildman–Crippen MR) is 134 cm³/mol. The second-order valence-electron chi connectivity index (χ2n) is 7.75. The molecule has 0 saturated carbocycles. The van der Waals surface area contributed by atoms with Crippen LogP contribution < -0.4 is 22.6 Å². The summed E-state index contributed by atoms with van der Waals surface area (Å²) in [6.45, 7) is 2.74. The van der Waals surface area contributed by atoms with Crippen molar-refractivity contribution >= 4 is 27.4 Å². The molecule has 7 N–H and O–H groups in total. The molecule has 0 saturated heterocycles. The van der Waals surface area contributed by atoms with Gasteiger partial charge in [-0.1, -0.05) is 24.3 Å². The summed E-state index contributed by atoms with van der Waals surface area (Å²) in [5.41, 5.74) is 14.0. The number of benzene rings is 2. The molecule has 2 aromatic heterocycles. The summed E-state index contributed by atoms with van der Waals surface area (Å²) in [6.07, 6.45) is 4.00. The highest BCUT2D eigenvalue weighted by Gasteiger charge is 2.17. The number of hydrogen-bond acceptors (Lipinski definition) is 8. The molecule has 176 valence electrons. The fraction of sp³-hybridized carbons (Fsp3) is 0.167. The molecule has 0 aliphatic heterocycles. The SMILES string of the molecule is CC(N)c1ccc(F)cc1-c1cccc2cc(-c3nc(NCCN(N)/C=C\N)ncc3F)sc12. The number of rotatable bonds is 8. The molecule has 0 spiro atoms. The number of nitrogens with zero attached hydrogens (tertiary/aromatic N) is 3. The van der Waals surface area contributed by atoms with Crippen LogP contribution in [0.25, 0.3) is 31.8 Å². The van der Waals surface area contributed by atoms with Crippen LogP contribution in [0.5, 0.6) is 0 Å². The van der Waals surface area contributed by atoms with Crippen molar-refractivity contribution in [3.63, 3.8) is 0 Å². The molecule has 10 heteroatoms. The number of hydrogen-bond donors (Lipinski definition) is 4. The highest BCUT2D eigenvalue weighted by molar-refractivity contribution is 7.22. The summed E-state index contributed by atoms with van der Waals surface area (Å²) in [7, 11) is 0. The summed E-state index contributed by atoms with van der Waals surface area (Å²) in [4.78, 5) is 9.03. The van der Waals surface area contributed by atoms with E-state index in [9.17, 15) is 8.78 Å². The van der Waals surface area contributed by atoms with Crippen molar-refractivity contribution in [3.05, 3.63) is 78.3 Å². The molecule has 1 unspecified atom stereocenters. The van der Waals surface area contributed by atoms with Gasteiger partial charge in [0.2, 0.25) is 5.95 Å². The Morgan fingerprint density at radius 1 is 1.18 bits per heavy atom. The summed E-state index contributed by atoms with van der Waals surface area (Å²) in [5.74, 6) is 5.14. The Morgan fingerprint density at radius 2 is 2.00 bits per heavy atom. The number of nitrogens with one attached hydrogen (secondary N) is 1. The van der Waals surface area contributed by atoms with Gasteiger partial charge in [-0.2, -0.15) is 0 Å². The van der Waals surface area contributed by atoms with Crippen LogP contribution in [0.3, 0.4) is 0 Å². The van der Waals surface area contributed by atoms with E-state index in [1.54, 1.807) is 6.07 Å². The molecule has 0 bridgehead atoms. The molecule has 2 aromatic carbocycles. The molecule has 0 radical (unpaired) electrons. The summed E-state index contributed by atoms with van der Waals surface area (Å²) < 4.78 is 29.7. The van der Waals surface area contributed by atoms with E-state index in [0.29, 0.717) is 18.0 Å². The van der Waals surface area contributed by atoms with Crippen LogP contribution in [0.2, 0.25) is 0 Å². The van der Waals surface area contributed by atoms with Crippen LogP contribution >= 0.6 is 11.3 Å². The van der Waals surface area contributed by atoms with Gasteiger partial charge < -0.3 is 21.8 Å². The van der Waals surface area contributed by atoms with Gasteiger partial charge in [0.1, 0.15) is 11.5 Å². The predicted octanol–water partition coefficient (Wildman–Crippen LogP) is 4.34. The number of hydrazine groups is 1. The Bertz CT molecular complexity index is 1340. The summed E-state index contributed by atoms with van der Waals surface area (Å²) in [5, 5.41) is 5.34. The van der Waals surface area contributed by atoms with E-state index in [1.165, 1.54) is 40.9 Å². The third kappa shape index (κ3) is 4.98. The fourth-order valence-corrected chi connectivity index (χ4v) is 4.84. The maximum absolute atomic E-state index is 14.7. The Hall–Kier alpha value is -3.60. The van der Waals surface area contributed by atoms with Crippen molar-refractivity contribution in [1.82, 2.24) is 15.0 Å². The minimum atomic E-state index is -0.535. The number of anilines is 1. The number of aromatic nitrogens is 2. The van der Waals surface area contributed by atoms with Crippen molar-refractivity contribution < 1.29 is 8.78 Å². The third-order valence-corrected chi connectivity index (χ3v) is 6.44. The van der Waals surface area contributed by atoms with Gasteiger partial charge in [0.15, 0.2) is 5.82 Å². The monoisotopic (exact) mass is 481 g/mol. The minimum absolute atomic E-state index is 0.183. The molecule has 0 amide bonds. The highest BCUT2D eigenvalue weighted by atomic mass is 32.1. The molecule has 0 aliphatic rings. The molecular weight excluding hydrogens is 456 g/mol. The lowest BCUT2D eigenvalue weighted by Gasteiger charge is -2.14. The summed E-state index contributed by atoms with van der Waals surface area (Å²) >= 11 is 1.38. The fourth-order valence-electron chi connectivity index (χ4n) is 3.66. The maximum atomic E-state index is 14.7. The molecule has 0 fully saturated rings. The number of halogens is 2. The van der Waals surface area contributed by atoms with E-state index in [4.69, 9.17) is 17.3 Å². The lowest BCUT2D eigenvalue weighted by molar-refractivity contribution is 0.408. The van der Waals surface area contributed by atoms with Gasteiger partial charge in [0.25, 0.3) is 0 Å². The summed E-state index contributed by atoms with van der Waals surface area (Å²) in [6, 6.07) is 11.9. The van der Waals surface area contributed by atoms with Gasteiger partial charge in [-0.3, -0.25) is 0 Å². The van der Waals surface area contributed by atoms with Crippen molar-refractivity contribution in [2.75, 3.05) is 18.4 Å². The van der Waals surface area contributed by atoms with Gasteiger partial charge >= 0.3 is 0 Å². The first-order chi connectivity index (χ1) is 16.4. The maximum Gasteiger partial charge on any atom is 0.223 e.